The summed E-state index contributed by atoms with van der Waals surface area (Å²) in [5.74, 6) is 0.546. The standard InChI is InChI=1S/C17H29N3O2S/c1-17(2,3)22-16(21)20-9-4-5-13(12-20)6-8-19-11-15-14(18)7-10-23-15/h7,10,13,19H,4-6,8-9,11-12,18H2,1-3H3. The smallest absolute Gasteiger partial charge is 0.410 e. The summed E-state index contributed by atoms with van der Waals surface area (Å²) in [5.41, 5.74) is 6.33. The molecule has 0 bridgehead atoms. The highest BCUT2D eigenvalue weighted by Crippen LogP contribution is 2.22. The van der Waals surface area contributed by atoms with Crippen LogP contribution in [0.2, 0.25) is 0 Å². The van der Waals surface area contributed by atoms with Gasteiger partial charge in [-0.05, 0) is 63.9 Å². The number of nitrogen functional groups attached to an aromatic ring is 1. The van der Waals surface area contributed by atoms with Crippen LogP contribution in [0.25, 0.3) is 0 Å². The Morgan fingerprint density at radius 2 is 2.30 bits per heavy atom. The number of carbonyl (C=O) groups is 1. The molecule has 1 unspecified atom stereocenters. The van der Waals surface area contributed by atoms with E-state index >= 15 is 0 Å². The van der Waals surface area contributed by atoms with E-state index in [1.807, 2.05) is 37.1 Å². The average Bonchev–Trinajstić information content (AvgIpc) is 2.88. The first kappa shape index (κ1) is 18.1. The van der Waals surface area contributed by atoms with Gasteiger partial charge in [-0.1, -0.05) is 0 Å². The fourth-order valence-corrected chi connectivity index (χ4v) is 3.56. The molecule has 1 aliphatic rings. The molecule has 0 radical (unpaired) electrons. The molecule has 1 fully saturated rings. The fourth-order valence-electron chi connectivity index (χ4n) is 2.80. The van der Waals surface area contributed by atoms with E-state index in [-0.39, 0.29) is 6.09 Å². The largest absolute Gasteiger partial charge is 0.444 e. The van der Waals surface area contributed by atoms with Crippen LogP contribution in [0.5, 0.6) is 0 Å². The van der Waals surface area contributed by atoms with Gasteiger partial charge >= 0.3 is 6.09 Å². The number of hydrogen-bond donors (Lipinski definition) is 2. The minimum Gasteiger partial charge on any atom is -0.444 e. The summed E-state index contributed by atoms with van der Waals surface area (Å²) in [6.45, 7) is 9.12. The van der Waals surface area contributed by atoms with Crippen molar-refractivity contribution in [2.24, 2.45) is 5.92 Å². The second kappa shape index (κ2) is 8.02. The quantitative estimate of drug-likeness (QED) is 0.806. The zero-order valence-electron chi connectivity index (χ0n) is 14.4. The monoisotopic (exact) mass is 339 g/mol. The molecule has 5 nitrogen and oxygen atoms in total. The van der Waals surface area contributed by atoms with Gasteiger partial charge in [0.2, 0.25) is 0 Å². The summed E-state index contributed by atoms with van der Waals surface area (Å²) in [6.07, 6.45) is 3.13. The molecule has 1 aromatic rings. The maximum atomic E-state index is 12.2. The third kappa shape index (κ3) is 6.03. The van der Waals surface area contributed by atoms with Gasteiger partial charge in [0.25, 0.3) is 0 Å². The number of nitrogens with two attached hydrogens (primary N) is 1. The normalized spacial score (nSPS) is 18.9. The van der Waals surface area contributed by atoms with Crippen molar-refractivity contribution in [3.05, 3.63) is 16.3 Å². The lowest BCUT2D eigenvalue weighted by Crippen LogP contribution is -2.43. The summed E-state index contributed by atoms with van der Waals surface area (Å²) in [7, 11) is 0. The number of piperidine rings is 1. The molecule has 0 spiro atoms. The van der Waals surface area contributed by atoms with Crippen LogP contribution in [-0.2, 0) is 11.3 Å². The number of carbonyl (C=O) groups excluding carboxylic acids is 1. The van der Waals surface area contributed by atoms with E-state index in [1.165, 1.54) is 11.3 Å². The molecule has 2 heterocycles. The van der Waals surface area contributed by atoms with Crippen LogP contribution in [0.15, 0.2) is 11.4 Å². The van der Waals surface area contributed by atoms with Gasteiger partial charge in [-0.2, -0.15) is 0 Å². The van der Waals surface area contributed by atoms with Crippen LogP contribution in [-0.4, -0.2) is 36.2 Å². The molecule has 0 saturated carbocycles. The van der Waals surface area contributed by atoms with Crippen LogP contribution in [0, 0.1) is 5.92 Å². The van der Waals surface area contributed by atoms with Crippen LogP contribution in [0.4, 0.5) is 10.5 Å². The molecule has 1 saturated heterocycles. The van der Waals surface area contributed by atoms with Crippen LogP contribution >= 0.6 is 11.3 Å². The maximum absolute atomic E-state index is 12.2. The maximum Gasteiger partial charge on any atom is 0.410 e. The second-order valence-electron chi connectivity index (χ2n) is 7.20. The molecule has 1 atom stereocenters. The van der Waals surface area contributed by atoms with Crippen LogP contribution in [0.3, 0.4) is 0 Å². The molecule has 1 aromatic heterocycles. The third-order valence-electron chi connectivity index (χ3n) is 3.97. The summed E-state index contributed by atoms with van der Waals surface area (Å²) in [4.78, 5) is 15.2. The van der Waals surface area contributed by atoms with Crippen molar-refractivity contribution in [2.75, 3.05) is 25.4 Å². The first-order chi connectivity index (χ1) is 10.8. The van der Waals surface area contributed by atoms with E-state index < -0.39 is 5.60 Å². The minimum atomic E-state index is -0.424. The minimum absolute atomic E-state index is 0.179. The van der Waals surface area contributed by atoms with Gasteiger partial charge in [0, 0.05) is 30.2 Å². The highest BCUT2D eigenvalue weighted by Gasteiger charge is 2.27. The van der Waals surface area contributed by atoms with Crippen molar-refractivity contribution in [3.8, 4) is 0 Å². The third-order valence-corrected chi connectivity index (χ3v) is 4.90. The number of nitrogens with zero attached hydrogens (tertiary/aromatic N) is 1. The lowest BCUT2D eigenvalue weighted by atomic mass is 9.95. The Morgan fingerprint density at radius 3 is 2.96 bits per heavy atom. The molecule has 1 amide bonds. The van der Waals surface area contributed by atoms with E-state index in [0.717, 1.165) is 44.7 Å². The van der Waals surface area contributed by atoms with Gasteiger partial charge in [0.05, 0.1) is 0 Å². The number of amides is 1. The molecule has 2 rings (SSSR count). The second-order valence-corrected chi connectivity index (χ2v) is 8.20. The topological polar surface area (TPSA) is 67.6 Å². The molecule has 0 aliphatic carbocycles. The van der Waals surface area contributed by atoms with Crippen molar-refractivity contribution in [1.82, 2.24) is 10.2 Å². The molecule has 130 valence electrons. The van der Waals surface area contributed by atoms with Gasteiger partial charge in [-0.15, -0.1) is 11.3 Å². The summed E-state index contributed by atoms with van der Waals surface area (Å²) in [5, 5.41) is 5.47. The first-order valence-electron chi connectivity index (χ1n) is 8.35. The molecule has 23 heavy (non-hydrogen) atoms. The van der Waals surface area contributed by atoms with Crippen molar-refractivity contribution in [2.45, 2.75) is 52.2 Å². The van der Waals surface area contributed by atoms with Crippen LogP contribution < -0.4 is 11.1 Å². The van der Waals surface area contributed by atoms with E-state index in [9.17, 15) is 4.79 Å². The summed E-state index contributed by atoms with van der Waals surface area (Å²) in [6, 6.07) is 1.95. The Labute approximate surface area is 143 Å². The van der Waals surface area contributed by atoms with Gasteiger partial charge in [-0.3, -0.25) is 0 Å². The number of rotatable bonds is 5. The Bertz CT molecular complexity index is 510. The predicted molar refractivity (Wildman–Crippen MR) is 95.6 cm³/mol. The van der Waals surface area contributed by atoms with Gasteiger partial charge in [-0.25, -0.2) is 4.79 Å². The zero-order chi connectivity index (χ0) is 16.9. The first-order valence-corrected chi connectivity index (χ1v) is 9.23. The van der Waals surface area contributed by atoms with E-state index in [4.69, 9.17) is 10.5 Å². The number of ether oxygens (including phenoxy) is 1. The number of likely N-dealkylation sites (tertiary alicyclic amines) is 1. The molecule has 6 heteroatoms. The number of hydrogen-bond acceptors (Lipinski definition) is 5. The van der Waals surface area contributed by atoms with Gasteiger partial charge < -0.3 is 20.7 Å². The van der Waals surface area contributed by atoms with Gasteiger partial charge in [0.15, 0.2) is 0 Å². The van der Waals surface area contributed by atoms with E-state index in [2.05, 4.69) is 5.32 Å². The molecular weight excluding hydrogens is 310 g/mol. The molecular formula is C17H29N3O2S. The zero-order valence-corrected chi connectivity index (χ0v) is 15.2. The van der Waals surface area contributed by atoms with Crippen molar-refractivity contribution < 1.29 is 9.53 Å². The Balaban J connectivity index is 1.69. The van der Waals surface area contributed by atoms with E-state index in [1.54, 1.807) is 11.3 Å². The van der Waals surface area contributed by atoms with E-state index in [0.29, 0.717) is 5.92 Å². The lowest BCUT2D eigenvalue weighted by molar-refractivity contribution is 0.0162. The summed E-state index contributed by atoms with van der Waals surface area (Å²) < 4.78 is 5.47. The van der Waals surface area contributed by atoms with Crippen LogP contribution in [0.1, 0.15) is 44.9 Å². The Hall–Kier alpha value is -1.27. The van der Waals surface area contributed by atoms with Crippen molar-refractivity contribution >= 4 is 23.1 Å². The fraction of sp³-hybridized carbons (Fsp3) is 0.706. The highest BCUT2D eigenvalue weighted by atomic mass is 32.1. The average molecular weight is 340 g/mol. The van der Waals surface area contributed by atoms with Crippen molar-refractivity contribution in [1.29, 1.82) is 0 Å². The molecule has 0 aromatic carbocycles. The van der Waals surface area contributed by atoms with Gasteiger partial charge in [0.1, 0.15) is 5.60 Å². The highest BCUT2D eigenvalue weighted by molar-refractivity contribution is 7.10. The Kier molecular flexibility index (Phi) is 6.30. The number of thiophene rings is 1. The molecule has 1 aliphatic heterocycles. The lowest BCUT2D eigenvalue weighted by Gasteiger charge is -2.34. The number of anilines is 1. The molecule has 3 N–H and O–H groups in total. The predicted octanol–water partition coefficient (Wildman–Crippen LogP) is 3.46. The number of nitrogens with one attached hydrogen (secondary N) is 1. The Morgan fingerprint density at radius 1 is 1.52 bits per heavy atom. The van der Waals surface area contributed by atoms with Crippen molar-refractivity contribution in [3.63, 3.8) is 0 Å². The summed E-state index contributed by atoms with van der Waals surface area (Å²) >= 11 is 1.69. The SMILES string of the molecule is CC(C)(C)OC(=O)N1CCCC(CCNCc2sccc2N)C1.